The number of nitrogens with zero attached hydrogens (tertiary/aromatic N) is 3. The van der Waals surface area contributed by atoms with Crippen molar-refractivity contribution in [1.29, 1.82) is 0 Å². The van der Waals surface area contributed by atoms with Gasteiger partial charge in [-0.2, -0.15) is 0 Å². The fourth-order valence-electron chi connectivity index (χ4n) is 1.64. The lowest BCUT2D eigenvalue weighted by atomic mass is 10.2. The summed E-state index contributed by atoms with van der Waals surface area (Å²) in [5.74, 6) is 0.874. The van der Waals surface area contributed by atoms with Crippen LogP contribution in [0.3, 0.4) is 0 Å². The van der Waals surface area contributed by atoms with Crippen LogP contribution in [0.5, 0.6) is 5.75 Å². The second-order valence-electron chi connectivity index (χ2n) is 4.04. The second-order valence-corrected chi connectivity index (χ2v) is 4.04. The van der Waals surface area contributed by atoms with Crippen LogP contribution >= 0.6 is 0 Å². The molecule has 1 heterocycles. The average molecular weight is 231 g/mol. The molecule has 0 amide bonds. The second kappa shape index (κ2) is 4.99. The van der Waals surface area contributed by atoms with Gasteiger partial charge in [0.15, 0.2) is 0 Å². The maximum Gasteiger partial charge on any atom is 0.132 e. The van der Waals surface area contributed by atoms with Gasteiger partial charge in [-0.05, 0) is 32.9 Å². The van der Waals surface area contributed by atoms with Gasteiger partial charge in [0.05, 0.1) is 11.4 Å². The average Bonchev–Trinajstić information content (AvgIpc) is 2.69. The molecule has 17 heavy (non-hydrogen) atoms. The van der Waals surface area contributed by atoms with Crippen molar-refractivity contribution in [1.82, 2.24) is 15.0 Å². The third-order valence-electron chi connectivity index (χ3n) is 2.73. The summed E-state index contributed by atoms with van der Waals surface area (Å²) in [7, 11) is 0. The molecule has 0 unspecified atom stereocenters. The maximum absolute atomic E-state index is 5.73. The van der Waals surface area contributed by atoms with Crippen LogP contribution in [0.25, 0.3) is 0 Å². The molecule has 0 aliphatic heterocycles. The van der Waals surface area contributed by atoms with Crippen molar-refractivity contribution in [3.8, 4) is 5.75 Å². The summed E-state index contributed by atoms with van der Waals surface area (Å²) in [6.07, 6.45) is 0. The molecule has 4 nitrogen and oxygen atoms in total. The standard InChI is InChI=1S/C13H17N3O/c1-4-16-13(11(3)14-15-16)9-17-12-7-5-10(2)6-8-12/h5-8H,4,9H2,1-3H3. The van der Waals surface area contributed by atoms with Crippen LogP contribution in [0.1, 0.15) is 23.9 Å². The van der Waals surface area contributed by atoms with Crippen LogP contribution < -0.4 is 4.74 Å². The number of hydrogen-bond acceptors (Lipinski definition) is 3. The summed E-state index contributed by atoms with van der Waals surface area (Å²) in [6, 6.07) is 8.03. The molecule has 0 saturated heterocycles. The van der Waals surface area contributed by atoms with Crippen molar-refractivity contribution >= 4 is 0 Å². The first-order valence-corrected chi connectivity index (χ1v) is 5.79. The minimum Gasteiger partial charge on any atom is -0.487 e. The summed E-state index contributed by atoms with van der Waals surface area (Å²) < 4.78 is 7.59. The van der Waals surface area contributed by atoms with E-state index in [4.69, 9.17) is 4.74 Å². The van der Waals surface area contributed by atoms with E-state index in [0.29, 0.717) is 6.61 Å². The summed E-state index contributed by atoms with van der Waals surface area (Å²) in [5.41, 5.74) is 3.20. The molecule has 0 aliphatic rings. The highest BCUT2D eigenvalue weighted by atomic mass is 16.5. The Morgan fingerprint density at radius 2 is 1.88 bits per heavy atom. The van der Waals surface area contributed by atoms with Gasteiger partial charge in [0, 0.05) is 6.54 Å². The zero-order chi connectivity index (χ0) is 12.3. The zero-order valence-electron chi connectivity index (χ0n) is 10.5. The molecular formula is C13H17N3O. The Morgan fingerprint density at radius 1 is 1.18 bits per heavy atom. The molecule has 0 N–H and O–H groups in total. The predicted molar refractivity (Wildman–Crippen MR) is 65.9 cm³/mol. The zero-order valence-corrected chi connectivity index (χ0v) is 10.5. The van der Waals surface area contributed by atoms with E-state index in [9.17, 15) is 0 Å². The quantitative estimate of drug-likeness (QED) is 0.811. The molecule has 90 valence electrons. The summed E-state index contributed by atoms with van der Waals surface area (Å²) in [5, 5.41) is 8.09. The molecule has 0 bridgehead atoms. The monoisotopic (exact) mass is 231 g/mol. The Hall–Kier alpha value is -1.84. The highest BCUT2D eigenvalue weighted by Crippen LogP contribution is 2.14. The Bertz CT molecular complexity index is 488. The summed E-state index contributed by atoms with van der Waals surface area (Å²) in [4.78, 5) is 0. The number of aryl methyl sites for hydroxylation is 3. The normalized spacial score (nSPS) is 10.5. The van der Waals surface area contributed by atoms with Crippen molar-refractivity contribution in [2.45, 2.75) is 33.9 Å². The van der Waals surface area contributed by atoms with E-state index in [2.05, 4.69) is 17.2 Å². The van der Waals surface area contributed by atoms with Gasteiger partial charge in [-0.15, -0.1) is 5.10 Å². The molecule has 2 aromatic rings. The van der Waals surface area contributed by atoms with Crippen LogP contribution in [0.15, 0.2) is 24.3 Å². The van der Waals surface area contributed by atoms with E-state index in [-0.39, 0.29) is 0 Å². The molecule has 0 radical (unpaired) electrons. The van der Waals surface area contributed by atoms with Crippen molar-refractivity contribution in [3.05, 3.63) is 41.2 Å². The van der Waals surface area contributed by atoms with Gasteiger partial charge in [0.1, 0.15) is 12.4 Å². The van der Waals surface area contributed by atoms with Gasteiger partial charge in [-0.3, -0.25) is 0 Å². The maximum atomic E-state index is 5.73. The van der Waals surface area contributed by atoms with Crippen LogP contribution in [0.4, 0.5) is 0 Å². The van der Waals surface area contributed by atoms with E-state index >= 15 is 0 Å². The van der Waals surface area contributed by atoms with Crippen LogP contribution in [-0.4, -0.2) is 15.0 Å². The Balaban J connectivity index is 2.06. The van der Waals surface area contributed by atoms with Gasteiger partial charge in [-0.1, -0.05) is 22.9 Å². The van der Waals surface area contributed by atoms with Gasteiger partial charge in [-0.25, -0.2) is 4.68 Å². The van der Waals surface area contributed by atoms with Crippen molar-refractivity contribution < 1.29 is 4.74 Å². The third kappa shape index (κ3) is 2.64. The first-order chi connectivity index (χ1) is 8.20. The molecule has 1 aromatic heterocycles. The number of hydrogen-bond donors (Lipinski definition) is 0. The van der Waals surface area contributed by atoms with E-state index in [1.54, 1.807) is 0 Å². The molecule has 0 saturated carbocycles. The lowest BCUT2D eigenvalue weighted by molar-refractivity contribution is 0.291. The van der Waals surface area contributed by atoms with Crippen LogP contribution in [0, 0.1) is 13.8 Å². The molecule has 2 rings (SSSR count). The van der Waals surface area contributed by atoms with Crippen LogP contribution in [0.2, 0.25) is 0 Å². The smallest absolute Gasteiger partial charge is 0.132 e. The number of aromatic nitrogens is 3. The Morgan fingerprint density at radius 3 is 2.53 bits per heavy atom. The fraction of sp³-hybridized carbons (Fsp3) is 0.385. The highest BCUT2D eigenvalue weighted by Gasteiger charge is 2.08. The van der Waals surface area contributed by atoms with Gasteiger partial charge < -0.3 is 4.74 Å². The number of benzene rings is 1. The lowest BCUT2D eigenvalue weighted by Crippen LogP contribution is -2.07. The SMILES string of the molecule is CCn1nnc(C)c1COc1ccc(C)cc1. The van der Waals surface area contributed by atoms with Gasteiger partial charge in [0.25, 0.3) is 0 Å². The predicted octanol–water partition coefficient (Wildman–Crippen LogP) is 2.49. The number of rotatable bonds is 4. The van der Waals surface area contributed by atoms with Gasteiger partial charge in [0.2, 0.25) is 0 Å². The molecule has 0 atom stereocenters. The summed E-state index contributed by atoms with van der Waals surface area (Å²) >= 11 is 0. The molecule has 0 fully saturated rings. The third-order valence-corrected chi connectivity index (χ3v) is 2.73. The number of ether oxygens (including phenoxy) is 1. The van der Waals surface area contributed by atoms with E-state index in [1.807, 2.05) is 42.8 Å². The van der Waals surface area contributed by atoms with Crippen molar-refractivity contribution in [3.63, 3.8) is 0 Å². The topological polar surface area (TPSA) is 39.9 Å². The first-order valence-electron chi connectivity index (χ1n) is 5.79. The Kier molecular flexibility index (Phi) is 3.42. The minimum absolute atomic E-state index is 0.510. The molecule has 0 aliphatic carbocycles. The fourth-order valence-corrected chi connectivity index (χ4v) is 1.64. The minimum atomic E-state index is 0.510. The molecule has 1 aromatic carbocycles. The summed E-state index contributed by atoms with van der Waals surface area (Å²) in [6.45, 7) is 7.38. The molecule has 4 heteroatoms. The van der Waals surface area contributed by atoms with Crippen molar-refractivity contribution in [2.75, 3.05) is 0 Å². The van der Waals surface area contributed by atoms with Crippen molar-refractivity contribution in [2.24, 2.45) is 0 Å². The molecular weight excluding hydrogens is 214 g/mol. The van der Waals surface area contributed by atoms with Crippen LogP contribution in [-0.2, 0) is 13.2 Å². The largest absolute Gasteiger partial charge is 0.487 e. The Labute approximate surface area is 101 Å². The van der Waals surface area contributed by atoms with E-state index in [0.717, 1.165) is 23.7 Å². The van der Waals surface area contributed by atoms with E-state index < -0.39 is 0 Å². The highest BCUT2D eigenvalue weighted by molar-refractivity contribution is 5.26. The first kappa shape index (κ1) is 11.6. The molecule has 0 spiro atoms. The van der Waals surface area contributed by atoms with Gasteiger partial charge >= 0.3 is 0 Å². The lowest BCUT2D eigenvalue weighted by Gasteiger charge is -2.08. The van der Waals surface area contributed by atoms with E-state index in [1.165, 1.54) is 5.56 Å².